The van der Waals surface area contributed by atoms with Gasteiger partial charge in [0.2, 0.25) is 6.23 Å². The van der Waals surface area contributed by atoms with Crippen molar-refractivity contribution in [1.29, 1.82) is 0 Å². The SMILES string of the molecule is CCCCOc1ccc([C@H]2Oc3ccc(Br)cc3[C@@H]3CC(c4ccc(C)o4)=NN23)cc1. The molecule has 0 N–H and O–H groups in total. The summed E-state index contributed by atoms with van der Waals surface area (Å²) in [4.78, 5) is 0. The number of benzene rings is 2. The zero-order valence-electron chi connectivity index (χ0n) is 17.7. The first kappa shape index (κ1) is 20.2. The second-order valence-corrected chi connectivity index (χ2v) is 8.90. The lowest BCUT2D eigenvalue weighted by atomic mass is 9.97. The summed E-state index contributed by atoms with van der Waals surface area (Å²) in [7, 11) is 0. The average molecular weight is 481 g/mol. The molecule has 3 aromatic rings. The van der Waals surface area contributed by atoms with Gasteiger partial charge in [-0.25, -0.2) is 5.01 Å². The lowest BCUT2D eigenvalue weighted by Crippen LogP contribution is -2.33. The molecule has 2 atom stereocenters. The van der Waals surface area contributed by atoms with Gasteiger partial charge in [0.1, 0.15) is 28.7 Å². The van der Waals surface area contributed by atoms with Gasteiger partial charge in [0, 0.05) is 22.0 Å². The van der Waals surface area contributed by atoms with E-state index in [9.17, 15) is 0 Å². The highest BCUT2D eigenvalue weighted by molar-refractivity contribution is 9.10. The summed E-state index contributed by atoms with van der Waals surface area (Å²) in [5.74, 6) is 3.48. The third-order valence-corrected chi connectivity index (χ3v) is 6.20. The van der Waals surface area contributed by atoms with E-state index in [-0.39, 0.29) is 12.3 Å². The molecular weight excluding hydrogens is 456 g/mol. The molecule has 0 spiro atoms. The van der Waals surface area contributed by atoms with Crippen LogP contribution >= 0.6 is 15.9 Å². The van der Waals surface area contributed by atoms with Crippen molar-refractivity contribution in [2.75, 3.05) is 6.61 Å². The normalized spacial score (nSPS) is 19.5. The minimum Gasteiger partial charge on any atom is -0.494 e. The maximum Gasteiger partial charge on any atom is 0.213 e. The molecule has 3 heterocycles. The number of hydrogen-bond donors (Lipinski definition) is 0. The molecule has 0 saturated heterocycles. The van der Waals surface area contributed by atoms with Crippen molar-refractivity contribution in [3.8, 4) is 11.5 Å². The van der Waals surface area contributed by atoms with Gasteiger partial charge in [0.25, 0.3) is 0 Å². The van der Waals surface area contributed by atoms with E-state index in [0.717, 1.165) is 70.2 Å². The Morgan fingerprint density at radius 3 is 2.71 bits per heavy atom. The topological polar surface area (TPSA) is 47.2 Å². The Morgan fingerprint density at radius 2 is 1.97 bits per heavy atom. The van der Waals surface area contributed by atoms with E-state index in [1.807, 2.05) is 43.3 Å². The number of furan rings is 1. The van der Waals surface area contributed by atoms with Crippen molar-refractivity contribution < 1.29 is 13.9 Å². The number of hydrazone groups is 1. The second-order valence-electron chi connectivity index (χ2n) is 7.98. The maximum absolute atomic E-state index is 6.44. The molecule has 0 saturated carbocycles. The molecule has 6 heteroatoms. The van der Waals surface area contributed by atoms with E-state index in [1.54, 1.807) is 0 Å². The molecular formula is C25H25BrN2O3. The zero-order valence-corrected chi connectivity index (χ0v) is 19.3. The van der Waals surface area contributed by atoms with Gasteiger partial charge in [0.05, 0.1) is 12.6 Å². The third kappa shape index (κ3) is 3.97. The Labute approximate surface area is 190 Å². The Balaban J connectivity index is 1.48. The summed E-state index contributed by atoms with van der Waals surface area (Å²) in [6.07, 6.45) is 2.64. The smallest absolute Gasteiger partial charge is 0.213 e. The predicted molar refractivity (Wildman–Crippen MR) is 124 cm³/mol. The van der Waals surface area contributed by atoms with E-state index in [1.165, 1.54) is 0 Å². The maximum atomic E-state index is 6.44. The molecule has 0 fully saturated rings. The Bertz CT molecular complexity index is 1110. The molecule has 31 heavy (non-hydrogen) atoms. The van der Waals surface area contributed by atoms with Gasteiger partial charge >= 0.3 is 0 Å². The zero-order chi connectivity index (χ0) is 21.4. The number of hydrogen-bond acceptors (Lipinski definition) is 5. The monoisotopic (exact) mass is 480 g/mol. The van der Waals surface area contributed by atoms with E-state index >= 15 is 0 Å². The molecule has 5 nitrogen and oxygen atoms in total. The molecule has 0 radical (unpaired) electrons. The fourth-order valence-electron chi connectivity index (χ4n) is 4.08. The predicted octanol–water partition coefficient (Wildman–Crippen LogP) is 6.77. The highest BCUT2D eigenvalue weighted by atomic mass is 79.9. The lowest BCUT2D eigenvalue weighted by Gasteiger charge is -2.38. The fraction of sp³-hybridized carbons (Fsp3) is 0.320. The number of halogens is 1. The summed E-state index contributed by atoms with van der Waals surface area (Å²) in [6, 6.07) is 18.4. The largest absolute Gasteiger partial charge is 0.494 e. The summed E-state index contributed by atoms with van der Waals surface area (Å²) in [5, 5.41) is 7.01. The Hall–Kier alpha value is -2.73. The molecule has 1 aromatic heterocycles. The molecule has 5 rings (SSSR count). The second kappa shape index (κ2) is 8.42. The van der Waals surface area contributed by atoms with E-state index < -0.39 is 0 Å². The highest BCUT2D eigenvalue weighted by Crippen LogP contribution is 2.48. The van der Waals surface area contributed by atoms with Gasteiger partial charge in [-0.1, -0.05) is 29.3 Å². The van der Waals surface area contributed by atoms with E-state index in [0.29, 0.717) is 0 Å². The van der Waals surface area contributed by atoms with Crippen LogP contribution in [-0.4, -0.2) is 17.3 Å². The van der Waals surface area contributed by atoms with Crippen molar-refractivity contribution in [1.82, 2.24) is 5.01 Å². The summed E-state index contributed by atoms with van der Waals surface area (Å²) >= 11 is 3.60. The van der Waals surface area contributed by atoms with Crippen molar-refractivity contribution >= 4 is 21.6 Å². The average Bonchev–Trinajstić information content (AvgIpc) is 3.41. The van der Waals surface area contributed by atoms with Crippen LogP contribution in [0.5, 0.6) is 11.5 Å². The first-order chi connectivity index (χ1) is 15.1. The fourth-order valence-corrected chi connectivity index (χ4v) is 4.46. The van der Waals surface area contributed by atoms with Gasteiger partial charge in [0.15, 0.2) is 0 Å². The number of aryl methyl sites for hydroxylation is 1. The molecule has 0 aliphatic carbocycles. The minimum absolute atomic E-state index is 0.0899. The van der Waals surface area contributed by atoms with Crippen molar-refractivity contribution in [3.05, 3.63) is 81.7 Å². The van der Waals surface area contributed by atoms with Crippen LogP contribution in [0, 0.1) is 6.92 Å². The van der Waals surface area contributed by atoms with Crippen molar-refractivity contribution in [2.24, 2.45) is 5.10 Å². The number of rotatable bonds is 6. The van der Waals surface area contributed by atoms with Crippen LogP contribution in [0.3, 0.4) is 0 Å². The summed E-state index contributed by atoms with van der Waals surface area (Å²) in [5.41, 5.74) is 3.12. The van der Waals surface area contributed by atoms with Crippen molar-refractivity contribution in [2.45, 2.75) is 45.4 Å². The number of nitrogens with zero attached hydrogens (tertiary/aromatic N) is 2. The van der Waals surface area contributed by atoms with Crippen LogP contribution in [0.1, 0.15) is 61.1 Å². The van der Waals surface area contributed by atoms with Gasteiger partial charge in [-0.05, 0) is 67.9 Å². The summed E-state index contributed by atoms with van der Waals surface area (Å²) < 4.78 is 19.2. The number of ether oxygens (including phenoxy) is 2. The number of fused-ring (bicyclic) bond motifs is 3. The lowest BCUT2D eigenvalue weighted by molar-refractivity contribution is -0.0191. The number of unbranched alkanes of at least 4 members (excludes halogenated alkanes) is 1. The molecule has 2 aliphatic heterocycles. The molecule has 2 aromatic carbocycles. The van der Waals surface area contributed by atoms with E-state index in [4.69, 9.17) is 19.0 Å². The molecule has 0 bridgehead atoms. The van der Waals surface area contributed by atoms with Crippen LogP contribution in [0.4, 0.5) is 0 Å². The van der Waals surface area contributed by atoms with E-state index in [2.05, 4.69) is 46.1 Å². The van der Waals surface area contributed by atoms with Crippen molar-refractivity contribution in [3.63, 3.8) is 0 Å². The first-order valence-electron chi connectivity index (χ1n) is 10.7. The molecule has 0 amide bonds. The molecule has 160 valence electrons. The molecule has 0 unspecified atom stereocenters. The molecule has 2 aliphatic rings. The highest BCUT2D eigenvalue weighted by Gasteiger charge is 2.41. The minimum atomic E-state index is -0.308. The first-order valence-corrected chi connectivity index (χ1v) is 11.5. The van der Waals surface area contributed by atoms with Gasteiger partial charge in [-0.3, -0.25) is 0 Å². The van der Waals surface area contributed by atoms with Crippen LogP contribution in [-0.2, 0) is 0 Å². The van der Waals surface area contributed by atoms with Gasteiger partial charge in [-0.15, -0.1) is 0 Å². The van der Waals surface area contributed by atoms with Crippen LogP contribution < -0.4 is 9.47 Å². The van der Waals surface area contributed by atoms with Gasteiger partial charge < -0.3 is 13.9 Å². The van der Waals surface area contributed by atoms with Crippen LogP contribution in [0.15, 0.2) is 68.6 Å². The third-order valence-electron chi connectivity index (χ3n) is 5.71. The summed E-state index contributed by atoms with van der Waals surface area (Å²) in [6.45, 7) is 4.85. The quantitative estimate of drug-likeness (QED) is 0.365. The van der Waals surface area contributed by atoms with Crippen LogP contribution in [0.2, 0.25) is 0 Å². The van der Waals surface area contributed by atoms with Gasteiger partial charge in [-0.2, -0.15) is 5.10 Å². The Morgan fingerprint density at radius 1 is 1.13 bits per heavy atom. The standard InChI is InChI=1S/C25H25BrN2O3/c1-3-4-13-29-19-9-6-17(7-10-19)25-28-22(20-14-18(26)8-12-23(20)31-25)15-21(27-28)24-11-5-16(2)30-24/h5-12,14,22,25H,3-4,13,15H2,1-2H3/t22-,25+/m0/s1. The van der Waals surface area contributed by atoms with Crippen LogP contribution in [0.25, 0.3) is 0 Å². The Kier molecular flexibility index (Phi) is 5.48.